The Balaban J connectivity index is 1.33. The number of nitrogens with one attached hydrogen (secondary N) is 2. The van der Waals surface area contributed by atoms with Crippen molar-refractivity contribution in [2.24, 2.45) is 0 Å². The molecule has 0 atom stereocenters. The van der Waals surface area contributed by atoms with Crippen LogP contribution >= 0.6 is 22.7 Å². The Bertz CT molecular complexity index is 1530. The topological polar surface area (TPSA) is 99.7 Å². The average molecular weight is 547 g/mol. The van der Waals surface area contributed by atoms with Gasteiger partial charge in [0.25, 0.3) is 11.8 Å². The Kier molecular flexibility index (Phi) is 6.90. The summed E-state index contributed by atoms with van der Waals surface area (Å²) in [5, 5.41) is 9.11. The summed E-state index contributed by atoms with van der Waals surface area (Å²) in [4.78, 5) is 38.8. The molecule has 11 heteroatoms. The van der Waals surface area contributed by atoms with Gasteiger partial charge in [0.2, 0.25) is 0 Å². The Morgan fingerprint density at radius 2 is 1.97 bits per heavy atom. The lowest BCUT2D eigenvalue weighted by Crippen LogP contribution is -2.44. The monoisotopic (exact) mass is 546 g/mol. The zero-order chi connectivity index (χ0) is 26.1. The van der Waals surface area contributed by atoms with Crippen LogP contribution in [0.2, 0.25) is 0 Å². The summed E-state index contributed by atoms with van der Waals surface area (Å²) in [6.07, 6.45) is 1.32. The Morgan fingerprint density at radius 1 is 1.11 bits per heavy atom. The number of carbonyl (C=O) groups excluding carboxylic acids is 2. The smallest absolute Gasteiger partial charge is 0.275 e. The highest BCUT2D eigenvalue weighted by Gasteiger charge is 2.30. The van der Waals surface area contributed by atoms with Gasteiger partial charge in [-0.1, -0.05) is 18.2 Å². The number of aromatic nitrogens is 2. The Morgan fingerprint density at radius 3 is 2.74 bits per heavy atom. The van der Waals surface area contributed by atoms with Crippen molar-refractivity contribution in [3.8, 4) is 27.6 Å². The van der Waals surface area contributed by atoms with Crippen molar-refractivity contribution in [1.82, 2.24) is 25.2 Å². The number of benzene rings is 1. The summed E-state index contributed by atoms with van der Waals surface area (Å²) in [7, 11) is 0. The van der Waals surface area contributed by atoms with E-state index in [0.29, 0.717) is 23.8 Å². The number of fused-ring (bicyclic) bond motifs is 1. The molecular formula is C27H26N6O3S2. The minimum Gasteiger partial charge on any atom is -0.492 e. The van der Waals surface area contributed by atoms with E-state index >= 15 is 0 Å². The van der Waals surface area contributed by atoms with Gasteiger partial charge in [0.15, 0.2) is 11.6 Å². The van der Waals surface area contributed by atoms with E-state index in [1.807, 2.05) is 47.2 Å². The van der Waals surface area contributed by atoms with Gasteiger partial charge in [0, 0.05) is 55.3 Å². The predicted molar refractivity (Wildman–Crippen MR) is 150 cm³/mol. The first kappa shape index (κ1) is 24.7. The molecule has 0 saturated carbocycles. The summed E-state index contributed by atoms with van der Waals surface area (Å²) < 4.78 is 6.10. The fourth-order valence-electron chi connectivity index (χ4n) is 4.53. The first-order valence-corrected chi connectivity index (χ1v) is 14.2. The number of piperazine rings is 1. The van der Waals surface area contributed by atoms with Crippen LogP contribution in [0.25, 0.3) is 32.0 Å². The first-order chi connectivity index (χ1) is 18.6. The summed E-state index contributed by atoms with van der Waals surface area (Å²) in [6.45, 7) is 7.20. The average Bonchev–Trinajstić information content (AvgIpc) is 3.67. The predicted octanol–water partition coefficient (Wildman–Crippen LogP) is 4.01. The van der Waals surface area contributed by atoms with Crippen molar-refractivity contribution in [2.45, 2.75) is 6.92 Å². The molecular weight excluding hydrogens is 520 g/mol. The van der Waals surface area contributed by atoms with E-state index < -0.39 is 11.8 Å². The number of rotatable bonds is 8. The molecule has 194 valence electrons. The van der Waals surface area contributed by atoms with Crippen LogP contribution in [0.1, 0.15) is 6.92 Å². The number of ether oxygens (including phenoxy) is 1. The molecule has 0 radical (unpaired) electrons. The van der Waals surface area contributed by atoms with Crippen LogP contribution in [0.3, 0.4) is 0 Å². The van der Waals surface area contributed by atoms with Gasteiger partial charge in [0.05, 0.1) is 10.3 Å². The number of nitrogens with zero attached hydrogens (tertiary/aromatic N) is 4. The highest BCUT2D eigenvalue weighted by Crippen LogP contribution is 2.40. The van der Waals surface area contributed by atoms with E-state index in [4.69, 9.17) is 14.7 Å². The molecule has 0 bridgehead atoms. The van der Waals surface area contributed by atoms with Crippen LogP contribution in [0.15, 0.2) is 58.8 Å². The zero-order valence-corrected chi connectivity index (χ0v) is 22.4. The van der Waals surface area contributed by atoms with Gasteiger partial charge in [-0.25, -0.2) is 9.97 Å². The number of hydrogen-bond donors (Lipinski definition) is 2. The third-order valence-electron chi connectivity index (χ3n) is 6.52. The Hall–Kier alpha value is -3.64. The van der Waals surface area contributed by atoms with Crippen LogP contribution in [0.5, 0.6) is 5.75 Å². The molecule has 0 unspecified atom stereocenters. The van der Waals surface area contributed by atoms with E-state index in [1.54, 1.807) is 6.92 Å². The van der Waals surface area contributed by atoms with Crippen LogP contribution in [0, 0.1) is 0 Å². The lowest BCUT2D eigenvalue weighted by atomic mass is 10.1. The molecule has 2 N–H and O–H groups in total. The minimum absolute atomic E-state index is 0.377. The molecule has 0 aliphatic carbocycles. The fraction of sp³-hybridized carbons (Fsp3) is 0.259. The second kappa shape index (κ2) is 10.6. The van der Waals surface area contributed by atoms with Gasteiger partial charge >= 0.3 is 0 Å². The third kappa shape index (κ3) is 4.93. The van der Waals surface area contributed by atoms with E-state index in [9.17, 15) is 9.59 Å². The zero-order valence-electron chi connectivity index (χ0n) is 20.8. The molecule has 0 spiro atoms. The number of thiophene rings is 2. The van der Waals surface area contributed by atoms with E-state index in [2.05, 4.69) is 15.6 Å². The quantitative estimate of drug-likeness (QED) is 0.320. The SMILES string of the molecule is CC1=CC(=O)N(Nc2nc(-c3cccs3)nc3scc(-c4cccc(OCCN5CCNCC5)c4)c23)C1=O. The van der Waals surface area contributed by atoms with Gasteiger partial charge in [0.1, 0.15) is 17.2 Å². The third-order valence-corrected chi connectivity index (χ3v) is 8.26. The summed E-state index contributed by atoms with van der Waals surface area (Å²) >= 11 is 3.03. The Labute approximate surface area is 227 Å². The van der Waals surface area contributed by atoms with Gasteiger partial charge < -0.3 is 10.1 Å². The van der Waals surface area contributed by atoms with Gasteiger partial charge in [-0.05, 0) is 36.1 Å². The van der Waals surface area contributed by atoms with Crippen molar-refractivity contribution < 1.29 is 14.3 Å². The highest BCUT2D eigenvalue weighted by atomic mass is 32.1. The normalized spacial score (nSPS) is 16.3. The first-order valence-electron chi connectivity index (χ1n) is 12.4. The van der Waals surface area contributed by atoms with E-state index in [0.717, 1.165) is 69.7 Å². The van der Waals surface area contributed by atoms with Crippen molar-refractivity contribution in [1.29, 1.82) is 0 Å². The van der Waals surface area contributed by atoms with Crippen molar-refractivity contribution in [3.05, 3.63) is 58.8 Å². The maximum atomic E-state index is 12.6. The maximum Gasteiger partial charge on any atom is 0.275 e. The van der Waals surface area contributed by atoms with Crippen LogP contribution < -0.4 is 15.5 Å². The lowest BCUT2D eigenvalue weighted by Gasteiger charge is -2.26. The summed E-state index contributed by atoms with van der Waals surface area (Å²) in [6, 6.07) is 11.8. The van der Waals surface area contributed by atoms with Crippen molar-refractivity contribution >= 4 is 50.5 Å². The summed E-state index contributed by atoms with van der Waals surface area (Å²) in [5.41, 5.74) is 5.22. The van der Waals surface area contributed by atoms with Crippen molar-refractivity contribution in [2.75, 3.05) is 44.8 Å². The molecule has 2 amide bonds. The fourth-order valence-corrected chi connectivity index (χ4v) is 6.14. The van der Waals surface area contributed by atoms with Crippen LogP contribution in [0.4, 0.5) is 5.82 Å². The minimum atomic E-state index is -0.423. The number of imide groups is 1. The van der Waals surface area contributed by atoms with Gasteiger partial charge in [-0.15, -0.1) is 22.7 Å². The number of carbonyl (C=O) groups is 2. The molecule has 6 rings (SSSR count). The molecule has 1 aromatic carbocycles. The standard InChI is InChI=1S/C27H26N6O3S2/c1-17-14-22(34)33(27(17)35)31-25-23-20(16-38-26(23)30-24(29-25)21-6-3-13-37-21)18-4-2-5-19(15-18)36-12-11-32-9-7-28-8-10-32/h2-6,13-16,28H,7-12H2,1H3,(H,29,30,31). The second-order valence-corrected chi connectivity index (χ2v) is 10.9. The maximum absolute atomic E-state index is 12.6. The number of anilines is 1. The molecule has 2 aliphatic rings. The second-order valence-electron chi connectivity index (χ2n) is 9.09. The molecule has 9 nitrogen and oxygen atoms in total. The largest absolute Gasteiger partial charge is 0.492 e. The summed E-state index contributed by atoms with van der Waals surface area (Å²) in [5.74, 6) is 0.915. The molecule has 1 saturated heterocycles. The molecule has 2 aliphatic heterocycles. The molecule has 1 fully saturated rings. The van der Waals surface area contributed by atoms with Crippen LogP contribution in [-0.4, -0.2) is 71.0 Å². The van der Waals surface area contributed by atoms with Gasteiger partial charge in [-0.2, -0.15) is 5.01 Å². The number of hydrogen-bond acceptors (Lipinski definition) is 10. The molecule has 5 heterocycles. The molecule has 3 aromatic heterocycles. The van der Waals surface area contributed by atoms with E-state index in [-0.39, 0.29) is 0 Å². The van der Waals surface area contributed by atoms with Crippen molar-refractivity contribution in [3.63, 3.8) is 0 Å². The van der Waals surface area contributed by atoms with Gasteiger partial charge in [-0.3, -0.25) is 19.9 Å². The lowest BCUT2D eigenvalue weighted by molar-refractivity contribution is -0.135. The van der Waals surface area contributed by atoms with E-state index in [1.165, 1.54) is 28.7 Å². The number of hydrazine groups is 1. The highest BCUT2D eigenvalue weighted by molar-refractivity contribution is 7.17. The molecule has 4 aromatic rings. The van der Waals surface area contributed by atoms with Crippen LogP contribution in [-0.2, 0) is 9.59 Å². The number of amides is 2. The molecule has 38 heavy (non-hydrogen) atoms.